The van der Waals surface area contributed by atoms with Gasteiger partial charge < -0.3 is 11.5 Å². The third-order valence-corrected chi connectivity index (χ3v) is 5.32. The molecule has 20 heavy (non-hydrogen) atoms. The molecule has 1 unspecified atom stereocenters. The lowest BCUT2D eigenvalue weighted by atomic mass is 10.2. The van der Waals surface area contributed by atoms with E-state index < -0.39 is 15.9 Å². The number of anilines is 1. The number of nitrogen functional groups attached to an aromatic ring is 1. The number of rotatable bonds is 7. The van der Waals surface area contributed by atoms with Crippen molar-refractivity contribution in [3.63, 3.8) is 0 Å². The van der Waals surface area contributed by atoms with Gasteiger partial charge >= 0.3 is 0 Å². The summed E-state index contributed by atoms with van der Waals surface area (Å²) < 4.78 is 26.9. The first kappa shape index (κ1) is 16.8. The fourth-order valence-electron chi connectivity index (χ4n) is 1.60. The quantitative estimate of drug-likeness (QED) is 0.643. The monoisotopic (exact) mass is 317 g/mol. The smallest absolute Gasteiger partial charge is 0.248 e. The fraction of sp³-hybridized carbons (Fsp3) is 0.417. The van der Waals surface area contributed by atoms with E-state index in [0.717, 1.165) is 5.75 Å². The van der Waals surface area contributed by atoms with E-state index in [1.807, 2.05) is 6.92 Å². The number of nitrogens with two attached hydrogens (primary N) is 2. The number of primary amides is 1. The average Bonchev–Trinajstić information content (AvgIpc) is 2.35. The summed E-state index contributed by atoms with van der Waals surface area (Å²) >= 11 is 1.64. The third kappa shape index (κ3) is 4.39. The van der Waals surface area contributed by atoms with Crippen LogP contribution >= 0.6 is 11.8 Å². The standard InChI is InChI=1S/C12H19N3O3S2/c1-3-19-7-8(2)15-20(17,18)11-5-4-9(12(14)16)6-10(11)13/h4-6,8,15H,3,7,13H2,1-2H3,(H2,14,16). The maximum absolute atomic E-state index is 12.2. The molecule has 0 aliphatic heterocycles. The molecule has 0 bridgehead atoms. The topological polar surface area (TPSA) is 115 Å². The molecule has 0 saturated heterocycles. The maximum Gasteiger partial charge on any atom is 0.248 e. The molecule has 0 saturated carbocycles. The number of carbonyl (C=O) groups is 1. The Labute approximate surface area is 123 Å². The number of nitrogens with one attached hydrogen (secondary N) is 1. The summed E-state index contributed by atoms with van der Waals surface area (Å²) in [7, 11) is -3.70. The molecule has 0 radical (unpaired) electrons. The Morgan fingerprint density at radius 2 is 2.10 bits per heavy atom. The van der Waals surface area contributed by atoms with Crippen LogP contribution in [-0.4, -0.2) is 31.9 Å². The lowest BCUT2D eigenvalue weighted by Crippen LogP contribution is -2.34. The molecule has 1 rings (SSSR count). The summed E-state index contributed by atoms with van der Waals surface area (Å²) in [4.78, 5) is 11.0. The molecule has 112 valence electrons. The van der Waals surface area contributed by atoms with Gasteiger partial charge in [-0.3, -0.25) is 4.79 Å². The highest BCUT2D eigenvalue weighted by molar-refractivity contribution is 7.99. The number of carbonyl (C=O) groups excluding carboxylic acids is 1. The SMILES string of the molecule is CCSCC(C)NS(=O)(=O)c1ccc(C(N)=O)cc1N. The van der Waals surface area contributed by atoms with Crippen LogP contribution in [0.15, 0.2) is 23.1 Å². The summed E-state index contributed by atoms with van der Waals surface area (Å²) in [6.45, 7) is 3.79. The largest absolute Gasteiger partial charge is 0.398 e. The first-order valence-electron chi connectivity index (χ1n) is 6.07. The van der Waals surface area contributed by atoms with Crippen molar-refractivity contribution < 1.29 is 13.2 Å². The Hall–Kier alpha value is -1.25. The van der Waals surface area contributed by atoms with Crippen LogP contribution in [0.5, 0.6) is 0 Å². The van der Waals surface area contributed by atoms with Gasteiger partial charge in [0.1, 0.15) is 4.90 Å². The highest BCUT2D eigenvalue weighted by Crippen LogP contribution is 2.20. The van der Waals surface area contributed by atoms with E-state index in [-0.39, 0.29) is 22.2 Å². The number of sulfonamides is 1. The minimum absolute atomic E-state index is 0.00384. The highest BCUT2D eigenvalue weighted by Gasteiger charge is 2.20. The van der Waals surface area contributed by atoms with Crippen LogP contribution in [0, 0.1) is 0 Å². The summed E-state index contributed by atoms with van der Waals surface area (Å²) in [5, 5.41) is 0. The van der Waals surface area contributed by atoms with E-state index in [1.165, 1.54) is 18.2 Å². The van der Waals surface area contributed by atoms with Gasteiger partial charge in [0.15, 0.2) is 0 Å². The van der Waals surface area contributed by atoms with Gasteiger partial charge in [-0.25, -0.2) is 13.1 Å². The van der Waals surface area contributed by atoms with Gasteiger partial charge in [-0.15, -0.1) is 0 Å². The Morgan fingerprint density at radius 1 is 1.45 bits per heavy atom. The van der Waals surface area contributed by atoms with Crippen LogP contribution in [0.4, 0.5) is 5.69 Å². The van der Waals surface area contributed by atoms with E-state index in [1.54, 1.807) is 18.7 Å². The Kier molecular flexibility index (Phi) is 5.85. The zero-order valence-corrected chi connectivity index (χ0v) is 13.1. The van der Waals surface area contributed by atoms with Crippen LogP contribution in [0.2, 0.25) is 0 Å². The lowest BCUT2D eigenvalue weighted by molar-refractivity contribution is 0.1000. The highest BCUT2D eigenvalue weighted by atomic mass is 32.2. The van der Waals surface area contributed by atoms with Gasteiger partial charge in [-0.05, 0) is 30.9 Å². The molecule has 8 heteroatoms. The average molecular weight is 317 g/mol. The molecule has 0 fully saturated rings. The zero-order chi connectivity index (χ0) is 15.3. The predicted molar refractivity (Wildman–Crippen MR) is 82.2 cm³/mol. The lowest BCUT2D eigenvalue weighted by Gasteiger charge is -2.15. The minimum Gasteiger partial charge on any atom is -0.398 e. The predicted octanol–water partition coefficient (Wildman–Crippen LogP) is 0.788. The molecule has 0 aromatic heterocycles. The number of thioether (sulfide) groups is 1. The molecule has 0 spiro atoms. The van der Waals surface area contributed by atoms with Gasteiger partial charge in [0.2, 0.25) is 15.9 Å². The van der Waals surface area contributed by atoms with Crippen LogP contribution in [0.3, 0.4) is 0 Å². The van der Waals surface area contributed by atoms with E-state index in [0.29, 0.717) is 5.75 Å². The normalized spacial score (nSPS) is 13.1. The van der Waals surface area contributed by atoms with Crippen LogP contribution in [0.1, 0.15) is 24.2 Å². The fourth-order valence-corrected chi connectivity index (χ4v) is 3.74. The zero-order valence-electron chi connectivity index (χ0n) is 11.4. The van der Waals surface area contributed by atoms with Crippen molar-refractivity contribution in [1.82, 2.24) is 4.72 Å². The number of benzene rings is 1. The minimum atomic E-state index is -3.70. The van der Waals surface area contributed by atoms with Gasteiger partial charge in [-0.2, -0.15) is 11.8 Å². The Bertz CT molecular complexity index is 588. The number of hydrogen-bond acceptors (Lipinski definition) is 5. The first-order valence-corrected chi connectivity index (χ1v) is 8.71. The van der Waals surface area contributed by atoms with Crippen molar-refractivity contribution in [3.05, 3.63) is 23.8 Å². The molecule has 1 aromatic carbocycles. The summed E-state index contributed by atoms with van der Waals surface area (Å²) in [6, 6.07) is 3.69. The molecule has 0 aliphatic rings. The number of hydrogen-bond donors (Lipinski definition) is 3. The van der Waals surface area contributed by atoms with Crippen LogP contribution in [0.25, 0.3) is 0 Å². The third-order valence-electron chi connectivity index (χ3n) is 2.51. The number of amides is 1. The molecule has 1 amide bonds. The van der Waals surface area contributed by atoms with Crippen molar-refractivity contribution in [1.29, 1.82) is 0 Å². The molecule has 1 aromatic rings. The van der Waals surface area contributed by atoms with Crippen molar-refractivity contribution in [2.24, 2.45) is 5.73 Å². The van der Waals surface area contributed by atoms with E-state index >= 15 is 0 Å². The van der Waals surface area contributed by atoms with Crippen molar-refractivity contribution in [2.75, 3.05) is 17.2 Å². The van der Waals surface area contributed by atoms with E-state index in [2.05, 4.69) is 4.72 Å². The van der Waals surface area contributed by atoms with Crippen LogP contribution in [-0.2, 0) is 10.0 Å². The molecular weight excluding hydrogens is 298 g/mol. The Balaban J connectivity index is 2.95. The molecule has 0 aliphatic carbocycles. The van der Waals surface area contributed by atoms with Crippen molar-refractivity contribution in [3.8, 4) is 0 Å². The van der Waals surface area contributed by atoms with Crippen LogP contribution < -0.4 is 16.2 Å². The molecular formula is C12H19N3O3S2. The van der Waals surface area contributed by atoms with Crippen molar-refractivity contribution >= 4 is 33.4 Å². The summed E-state index contributed by atoms with van der Waals surface area (Å²) in [6.07, 6.45) is 0. The molecule has 6 nitrogen and oxygen atoms in total. The van der Waals surface area contributed by atoms with Gasteiger partial charge in [0.05, 0.1) is 5.69 Å². The molecule has 0 heterocycles. The molecule has 1 atom stereocenters. The van der Waals surface area contributed by atoms with Gasteiger partial charge in [0, 0.05) is 17.4 Å². The Morgan fingerprint density at radius 3 is 2.60 bits per heavy atom. The molecule has 5 N–H and O–H groups in total. The second-order valence-corrected chi connectivity index (χ2v) is 7.30. The first-order chi connectivity index (χ1) is 9.27. The van der Waals surface area contributed by atoms with Crippen molar-refractivity contribution in [2.45, 2.75) is 24.8 Å². The second-order valence-electron chi connectivity index (χ2n) is 4.30. The summed E-state index contributed by atoms with van der Waals surface area (Å²) in [5.74, 6) is 0.942. The van der Waals surface area contributed by atoms with E-state index in [4.69, 9.17) is 11.5 Å². The van der Waals surface area contributed by atoms with E-state index in [9.17, 15) is 13.2 Å². The van der Waals surface area contributed by atoms with Gasteiger partial charge in [0.25, 0.3) is 0 Å². The summed E-state index contributed by atoms with van der Waals surface area (Å²) in [5.41, 5.74) is 11.0. The van der Waals surface area contributed by atoms with Gasteiger partial charge in [-0.1, -0.05) is 6.92 Å². The maximum atomic E-state index is 12.2. The second kappa shape index (κ2) is 6.96.